The number of carbonyl (C=O) groups is 1. The third-order valence-electron chi connectivity index (χ3n) is 5.05. The molecule has 0 fully saturated rings. The van der Waals surface area contributed by atoms with E-state index in [1.165, 1.54) is 0 Å². The minimum atomic E-state index is -0.407. The molecule has 28 heavy (non-hydrogen) atoms. The summed E-state index contributed by atoms with van der Waals surface area (Å²) < 4.78 is 0.927. The number of rotatable bonds is 3. The summed E-state index contributed by atoms with van der Waals surface area (Å²) >= 11 is 3.53. The Labute approximate surface area is 173 Å². The summed E-state index contributed by atoms with van der Waals surface area (Å²) in [7, 11) is 0. The molecule has 0 saturated carbocycles. The molecule has 140 valence electrons. The number of aliphatic hydroxyl groups is 1. The fraction of sp³-hybridized carbons (Fsp3) is 0.125. The molecule has 0 aromatic heterocycles. The lowest BCUT2D eigenvalue weighted by Gasteiger charge is -2.27. The highest BCUT2D eigenvalue weighted by Gasteiger charge is 2.41. The molecule has 0 unspecified atom stereocenters. The Morgan fingerprint density at radius 2 is 1.50 bits per heavy atom. The number of hydrogen-bond donors (Lipinski definition) is 1. The second-order valence-corrected chi connectivity index (χ2v) is 8.01. The Morgan fingerprint density at radius 1 is 0.893 bits per heavy atom. The molecule has 4 heteroatoms. The maximum Gasteiger partial charge on any atom is 0.294 e. The van der Waals surface area contributed by atoms with Gasteiger partial charge in [-0.25, -0.2) is 0 Å². The lowest BCUT2D eigenvalue weighted by Crippen LogP contribution is -2.30. The van der Waals surface area contributed by atoms with Crippen molar-refractivity contribution in [2.45, 2.75) is 19.9 Å². The quantitative estimate of drug-likeness (QED) is 0.539. The predicted octanol–water partition coefficient (Wildman–Crippen LogP) is 6.12. The van der Waals surface area contributed by atoms with Crippen molar-refractivity contribution in [2.75, 3.05) is 4.90 Å². The lowest BCUT2D eigenvalue weighted by atomic mass is 9.93. The zero-order chi connectivity index (χ0) is 19.8. The summed E-state index contributed by atoms with van der Waals surface area (Å²) in [5, 5.41) is 10.8. The van der Waals surface area contributed by atoms with Gasteiger partial charge < -0.3 is 5.11 Å². The first-order valence-corrected chi connectivity index (χ1v) is 9.91. The molecule has 0 saturated heterocycles. The van der Waals surface area contributed by atoms with Crippen molar-refractivity contribution in [1.82, 2.24) is 0 Å². The summed E-state index contributed by atoms with van der Waals surface area (Å²) in [6.07, 6.45) is 0. The summed E-state index contributed by atoms with van der Waals surface area (Å²) in [5.41, 5.74) is 5.41. The van der Waals surface area contributed by atoms with E-state index in [-0.39, 0.29) is 11.7 Å². The number of amides is 1. The van der Waals surface area contributed by atoms with Crippen LogP contribution >= 0.6 is 15.9 Å². The van der Waals surface area contributed by atoms with Crippen LogP contribution in [0.3, 0.4) is 0 Å². The number of carbonyl (C=O) groups excluding carboxylic acids is 1. The number of hydrogen-bond acceptors (Lipinski definition) is 2. The fourth-order valence-corrected chi connectivity index (χ4v) is 4.01. The highest BCUT2D eigenvalue weighted by molar-refractivity contribution is 9.10. The van der Waals surface area contributed by atoms with Crippen LogP contribution in [0, 0.1) is 13.8 Å². The molecule has 1 heterocycles. The van der Waals surface area contributed by atoms with E-state index in [9.17, 15) is 9.90 Å². The van der Waals surface area contributed by atoms with Crippen molar-refractivity contribution >= 4 is 33.1 Å². The van der Waals surface area contributed by atoms with E-state index in [2.05, 4.69) is 15.9 Å². The summed E-state index contributed by atoms with van der Waals surface area (Å²) in [4.78, 5) is 14.8. The van der Waals surface area contributed by atoms with Gasteiger partial charge >= 0.3 is 0 Å². The molecule has 0 spiro atoms. The molecule has 3 aromatic carbocycles. The van der Waals surface area contributed by atoms with Gasteiger partial charge in [0.25, 0.3) is 5.91 Å². The first-order valence-electron chi connectivity index (χ1n) is 9.11. The van der Waals surface area contributed by atoms with E-state index >= 15 is 0 Å². The van der Waals surface area contributed by atoms with Crippen LogP contribution in [-0.2, 0) is 4.79 Å². The molecule has 0 bridgehead atoms. The third kappa shape index (κ3) is 3.25. The lowest BCUT2D eigenvalue weighted by molar-refractivity contribution is -0.117. The molecule has 4 rings (SSSR count). The van der Waals surface area contributed by atoms with Crippen molar-refractivity contribution in [3.8, 4) is 0 Å². The first-order chi connectivity index (χ1) is 13.5. The van der Waals surface area contributed by atoms with E-state index in [0.29, 0.717) is 5.57 Å². The number of nitrogens with zero attached hydrogens (tertiary/aromatic N) is 1. The van der Waals surface area contributed by atoms with Gasteiger partial charge in [-0.2, -0.15) is 0 Å². The van der Waals surface area contributed by atoms with Crippen molar-refractivity contribution < 1.29 is 9.90 Å². The highest BCUT2D eigenvalue weighted by Crippen LogP contribution is 2.45. The molecular weight excluding hydrogens is 414 g/mol. The van der Waals surface area contributed by atoms with Gasteiger partial charge in [0.1, 0.15) is 0 Å². The molecule has 3 nitrogen and oxygen atoms in total. The number of aryl methyl sites for hydroxylation is 2. The van der Waals surface area contributed by atoms with E-state index < -0.39 is 6.04 Å². The van der Waals surface area contributed by atoms with Gasteiger partial charge in [-0.05, 0) is 49.2 Å². The fourth-order valence-electron chi connectivity index (χ4n) is 3.60. The molecule has 1 aliphatic rings. The van der Waals surface area contributed by atoms with E-state index in [1.807, 2.05) is 86.6 Å². The second-order valence-electron chi connectivity index (χ2n) is 7.10. The van der Waals surface area contributed by atoms with Crippen LogP contribution in [0.25, 0.3) is 5.57 Å². The molecular formula is C24H20BrNO2. The summed E-state index contributed by atoms with van der Waals surface area (Å²) in [5.74, 6) is -0.584. The van der Waals surface area contributed by atoms with Crippen LogP contribution in [-0.4, -0.2) is 11.0 Å². The van der Waals surface area contributed by atoms with Crippen LogP contribution in [0.5, 0.6) is 0 Å². The van der Waals surface area contributed by atoms with Gasteiger partial charge in [0.2, 0.25) is 0 Å². The minimum absolute atomic E-state index is 0.200. The minimum Gasteiger partial charge on any atom is -0.503 e. The molecule has 3 aromatic rings. The molecule has 0 radical (unpaired) electrons. The molecule has 1 aliphatic heterocycles. The Hall–Kier alpha value is -2.85. The van der Waals surface area contributed by atoms with Crippen LogP contribution < -0.4 is 4.90 Å². The maximum absolute atomic E-state index is 13.1. The highest BCUT2D eigenvalue weighted by atomic mass is 79.9. The van der Waals surface area contributed by atoms with E-state index in [0.717, 1.165) is 32.4 Å². The van der Waals surface area contributed by atoms with E-state index in [1.54, 1.807) is 4.90 Å². The third-order valence-corrected chi connectivity index (χ3v) is 5.54. The van der Waals surface area contributed by atoms with Gasteiger partial charge in [-0.1, -0.05) is 75.6 Å². The van der Waals surface area contributed by atoms with E-state index in [4.69, 9.17) is 0 Å². The van der Waals surface area contributed by atoms with Gasteiger partial charge in [-0.15, -0.1) is 0 Å². The van der Waals surface area contributed by atoms with Gasteiger partial charge in [0.05, 0.1) is 6.04 Å². The number of aliphatic hydroxyl groups excluding tert-OH is 1. The van der Waals surface area contributed by atoms with Gasteiger partial charge in [-0.3, -0.25) is 9.69 Å². The SMILES string of the molecule is Cc1ccc(C2=C(O)C(=O)N(c3ccc(C)cc3)[C@H]2c2cccc(Br)c2)cc1. The smallest absolute Gasteiger partial charge is 0.294 e. The van der Waals surface area contributed by atoms with Crippen LogP contribution in [0.2, 0.25) is 0 Å². The summed E-state index contributed by atoms with van der Waals surface area (Å²) in [6.45, 7) is 4.02. The average Bonchev–Trinajstić information content (AvgIpc) is 2.95. The Kier molecular flexibility index (Phi) is 4.82. The molecule has 1 amide bonds. The van der Waals surface area contributed by atoms with Crippen molar-refractivity contribution in [3.63, 3.8) is 0 Å². The van der Waals surface area contributed by atoms with Crippen molar-refractivity contribution in [1.29, 1.82) is 0 Å². The predicted molar refractivity (Wildman–Crippen MR) is 116 cm³/mol. The number of benzene rings is 3. The van der Waals surface area contributed by atoms with Crippen LogP contribution in [0.15, 0.2) is 83.0 Å². The average molecular weight is 434 g/mol. The zero-order valence-electron chi connectivity index (χ0n) is 15.7. The topological polar surface area (TPSA) is 40.5 Å². The van der Waals surface area contributed by atoms with Gasteiger partial charge in [0, 0.05) is 15.7 Å². The Balaban J connectivity index is 1.91. The Bertz CT molecular complexity index is 1070. The number of anilines is 1. The van der Waals surface area contributed by atoms with Crippen LogP contribution in [0.4, 0.5) is 5.69 Å². The van der Waals surface area contributed by atoms with Crippen molar-refractivity contribution in [3.05, 3.63) is 105 Å². The normalized spacial score (nSPS) is 16.8. The van der Waals surface area contributed by atoms with Crippen molar-refractivity contribution in [2.24, 2.45) is 0 Å². The summed E-state index contributed by atoms with van der Waals surface area (Å²) in [6, 6.07) is 23.1. The molecule has 0 aliphatic carbocycles. The van der Waals surface area contributed by atoms with Gasteiger partial charge in [0.15, 0.2) is 5.76 Å². The zero-order valence-corrected chi connectivity index (χ0v) is 17.3. The standard InChI is InChI=1S/C24H20BrNO2/c1-15-6-10-17(11-7-15)21-22(18-4-3-5-19(25)14-18)26(24(28)23(21)27)20-12-8-16(2)9-13-20/h3-14,22,27H,1-2H3/t22-/m0/s1. The Morgan fingerprint density at radius 3 is 2.11 bits per heavy atom. The van der Waals surface area contributed by atoms with Crippen LogP contribution in [0.1, 0.15) is 28.3 Å². The molecule has 1 atom stereocenters. The maximum atomic E-state index is 13.1. The second kappa shape index (κ2) is 7.28. The first kappa shape index (κ1) is 18.5. The molecule has 1 N–H and O–H groups in total. The largest absolute Gasteiger partial charge is 0.503 e. The monoisotopic (exact) mass is 433 g/mol. The number of halogens is 1.